The third kappa shape index (κ3) is 3.95. The van der Waals surface area contributed by atoms with Gasteiger partial charge in [0.15, 0.2) is 15.6 Å². The van der Waals surface area contributed by atoms with Crippen molar-refractivity contribution in [2.45, 2.75) is 10.8 Å². The molecule has 2 aromatic rings. The largest absolute Gasteiger partial charge is 0.480 e. The fourth-order valence-corrected chi connectivity index (χ4v) is 3.07. The lowest BCUT2D eigenvalue weighted by Gasteiger charge is -2.13. The number of rotatable bonds is 5. The maximum Gasteiger partial charge on any atom is 0.318 e. The molecule has 0 radical (unpaired) electrons. The van der Waals surface area contributed by atoms with E-state index in [9.17, 15) is 23.1 Å². The molecule has 1 atom stereocenters. The molecule has 0 amide bonds. The number of halogens is 2. The lowest BCUT2D eigenvalue weighted by atomic mass is 9.91. The summed E-state index contributed by atoms with van der Waals surface area (Å²) in [6.07, 6.45) is 1.04. The third-order valence-electron chi connectivity index (χ3n) is 3.35. The van der Waals surface area contributed by atoms with Crippen LogP contribution in [0.5, 0.6) is 0 Å². The highest BCUT2D eigenvalue weighted by Crippen LogP contribution is 2.29. The van der Waals surface area contributed by atoms with E-state index in [2.05, 4.69) is 0 Å². The number of hydrogen-bond acceptors (Lipinski definition) is 4. The first kappa shape index (κ1) is 18.4. The minimum atomic E-state index is -3.40. The molecule has 126 valence electrons. The van der Waals surface area contributed by atoms with Crippen LogP contribution in [0.25, 0.3) is 0 Å². The van der Waals surface area contributed by atoms with Crippen molar-refractivity contribution >= 4 is 44.8 Å². The standard InChI is InChI=1S/C16H12Cl2O5S/c1-24(22,23)11-5-2-9(3-6-11)15(19)14(16(20)21)10-4-7-12(17)13(18)8-10/h2-8,14H,1H3,(H,20,21). The number of carboxylic acid groups (broad SMARTS) is 1. The molecule has 0 spiro atoms. The van der Waals surface area contributed by atoms with Crippen LogP contribution >= 0.6 is 23.2 Å². The summed E-state index contributed by atoms with van der Waals surface area (Å²) < 4.78 is 22.9. The van der Waals surface area contributed by atoms with Gasteiger partial charge in [-0.3, -0.25) is 9.59 Å². The van der Waals surface area contributed by atoms with Crippen molar-refractivity contribution in [1.82, 2.24) is 0 Å². The van der Waals surface area contributed by atoms with E-state index in [1.54, 1.807) is 0 Å². The van der Waals surface area contributed by atoms with Gasteiger partial charge in [0.05, 0.1) is 14.9 Å². The minimum absolute atomic E-state index is 0.0421. The zero-order chi connectivity index (χ0) is 18.1. The maximum absolute atomic E-state index is 12.5. The van der Waals surface area contributed by atoms with Crippen molar-refractivity contribution < 1.29 is 23.1 Å². The number of carbonyl (C=O) groups excluding carboxylic acids is 1. The van der Waals surface area contributed by atoms with Gasteiger partial charge in [-0.05, 0) is 29.8 Å². The Labute approximate surface area is 148 Å². The summed E-state index contributed by atoms with van der Waals surface area (Å²) in [6.45, 7) is 0. The Morgan fingerprint density at radius 2 is 1.58 bits per heavy atom. The number of sulfone groups is 1. The SMILES string of the molecule is CS(=O)(=O)c1ccc(C(=O)C(C(=O)O)c2ccc(Cl)c(Cl)c2)cc1. The molecule has 0 heterocycles. The normalized spacial score (nSPS) is 12.6. The van der Waals surface area contributed by atoms with Crippen LogP contribution in [-0.2, 0) is 14.6 Å². The van der Waals surface area contributed by atoms with Crippen molar-refractivity contribution in [2.24, 2.45) is 0 Å². The molecule has 1 N–H and O–H groups in total. The molecule has 0 saturated heterocycles. The van der Waals surface area contributed by atoms with E-state index in [1.165, 1.54) is 42.5 Å². The average molecular weight is 387 g/mol. The van der Waals surface area contributed by atoms with Gasteiger partial charge in [-0.1, -0.05) is 41.4 Å². The van der Waals surface area contributed by atoms with Gasteiger partial charge in [-0.2, -0.15) is 0 Å². The Balaban J connectivity index is 2.43. The lowest BCUT2D eigenvalue weighted by Crippen LogP contribution is -2.22. The summed E-state index contributed by atoms with van der Waals surface area (Å²) in [5.74, 6) is -3.49. The van der Waals surface area contributed by atoms with Crippen LogP contribution in [-0.4, -0.2) is 31.5 Å². The fourth-order valence-electron chi connectivity index (χ4n) is 2.13. The van der Waals surface area contributed by atoms with Gasteiger partial charge in [0.2, 0.25) is 0 Å². The molecule has 2 rings (SSSR count). The Kier molecular flexibility index (Phi) is 5.32. The third-order valence-corrected chi connectivity index (χ3v) is 5.22. The fraction of sp³-hybridized carbons (Fsp3) is 0.125. The predicted molar refractivity (Wildman–Crippen MR) is 90.7 cm³/mol. The second-order valence-corrected chi connectivity index (χ2v) is 7.94. The van der Waals surface area contributed by atoms with Crippen LogP contribution in [0.1, 0.15) is 21.8 Å². The molecule has 0 bridgehead atoms. The van der Waals surface area contributed by atoms with Crippen molar-refractivity contribution in [2.75, 3.05) is 6.26 Å². The number of carboxylic acids is 1. The van der Waals surface area contributed by atoms with E-state index < -0.39 is 27.5 Å². The Bertz CT molecular complexity index is 905. The van der Waals surface area contributed by atoms with E-state index in [-0.39, 0.29) is 26.1 Å². The van der Waals surface area contributed by atoms with Gasteiger partial charge >= 0.3 is 5.97 Å². The number of ketones is 1. The Hall–Kier alpha value is -1.89. The van der Waals surface area contributed by atoms with Crippen LogP contribution in [0.2, 0.25) is 10.0 Å². The molecule has 0 aliphatic carbocycles. The summed E-state index contributed by atoms with van der Waals surface area (Å²) in [7, 11) is -3.40. The number of hydrogen-bond donors (Lipinski definition) is 1. The van der Waals surface area contributed by atoms with Crippen LogP contribution < -0.4 is 0 Å². The van der Waals surface area contributed by atoms with Gasteiger partial charge in [-0.25, -0.2) is 8.42 Å². The first-order valence-corrected chi connectivity index (χ1v) is 9.28. The van der Waals surface area contributed by atoms with Crippen molar-refractivity contribution in [3.8, 4) is 0 Å². The summed E-state index contributed by atoms with van der Waals surface area (Å²) in [6, 6.07) is 9.24. The first-order chi connectivity index (χ1) is 11.1. The molecule has 0 aromatic heterocycles. The van der Waals surface area contributed by atoms with Crippen LogP contribution in [0.4, 0.5) is 0 Å². The van der Waals surface area contributed by atoms with Crippen LogP contribution in [0.15, 0.2) is 47.4 Å². The monoisotopic (exact) mass is 386 g/mol. The molecular weight excluding hydrogens is 375 g/mol. The quantitative estimate of drug-likeness (QED) is 0.627. The summed E-state index contributed by atoms with van der Waals surface area (Å²) in [4.78, 5) is 24.1. The van der Waals surface area contributed by atoms with Crippen LogP contribution in [0.3, 0.4) is 0 Å². The molecular formula is C16H12Cl2O5S. The topological polar surface area (TPSA) is 88.5 Å². The molecule has 1 unspecified atom stereocenters. The number of carbonyl (C=O) groups is 2. The van der Waals surface area contributed by atoms with Gasteiger partial charge in [0.25, 0.3) is 0 Å². The summed E-state index contributed by atoms with van der Waals surface area (Å²) in [5.41, 5.74) is 0.273. The smallest absolute Gasteiger partial charge is 0.318 e. The predicted octanol–water partition coefficient (Wildman–Crippen LogP) is 3.45. The second-order valence-electron chi connectivity index (χ2n) is 5.11. The number of benzene rings is 2. The highest BCUT2D eigenvalue weighted by Gasteiger charge is 2.29. The Morgan fingerprint density at radius 3 is 2.04 bits per heavy atom. The molecule has 0 fully saturated rings. The van der Waals surface area contributed by atoms with Crippen LogP contribution in [0, 0.1) is 0 Å². The molecule has 0 aliphatic heterocycles. The highest BCUT2D eigenvalue weighted by atomic mass is 35.5. The number of Topliss-reactive ketones (excluding diaryl/α,β-unsaturated/α-hetero) is 1. The molecule has 5 nitrogen and oxygen atoms in total. The molecule has 0 aliphatic rings. The van der Waals surface area contributed by atoms with E-state index in [0.29, 0.717) is 0 Å². The van der Waals surface area contributed by atoms with Crippen molar-refractivity contribution in [1.29, 1.82) is 0 Å². The molecule has 0 saturated carbocycles. The average Bonchev–Trinajstić information content (AvgIpc) is 2.50. The lowest BCUT2D eigenvalue weighted by molar-refractivity contribution is -0.137. The van der Waals surface area contributed by atoms with Crippen molar-refractivity contribution in [3.63, 3.8) is 0 Å². The Morgan fingerprint density at radius 1 is 1.00 bits per heavy atom. The van der Waals surface area contributed by atoms with E-state index in [1.807, 2.05) is 0 Å². The second kappa shape index (κ2) is 6.93. The molecule has 2 aromatic carbocycles. The van der Waals surface area contributed by atoms with E-state index in [0.717, 1.165) is 6.26 Å². The zero-order valence-electron chi connectivity index (χ0n) is 12.4. The van der Waals surface area contributed by atoms with Gasteiger partial charge < -0.3 is 5.11 Å². The number of aliphatic carboxylic acids is 1. The van der Waals surface area contributed by atoms with Crippen molar-refractivity contribution in [3.05, 3.63) is 63.6 Å². The zero-order valence-corrected chi connectivity index (χ0v) is 14.7. The van der Waals surface area contributed by atoms with Gasteiger partial charge in [0.1, 0.15) is 5.92 Å². The minimum Gasteiger partial charge on any atom is -0.480 e. The van der Waals surface area contributed by atoms with E-state index >= 15 is 0 Å². The summed E-state index contributed by atoms with van der Waals surface area (Å²) >= 11 is 11.7. The highest BCUT2D eigenvalue weighted by molar-refractivity contribution is 7.90. The molecule has 8 heteroatoms. The first-order valence-electron chi connectivity index (χ1n) is 6.63. The maximum atomic E-state index is 12.5. The summed E-state index contributed by atoms with van der Waals surface area (Å²) in [5, 5.41) is 9.79. The molecule has 24 heavy (non-hydrogen) atoms. The van der Waals surface area contributed by atoms with Gasteiger partial charge in [0, 0.05) is 11.8 Å². The van der Waals surface area contributed by atoms with E-state index in [4.69, 9.17) is 23.2 Å². The van der Waals surface area contributed by atoms with Gasteiger partial charge in [-0.15, -0.1) is 0 Å².